The van der Waals surface area contributed by atoms with E-state index in [1.807, 2.05) is 0 Å². The van der Waals surface area contributed by atoms with Crippen molar-refractivity contribution in [1.82, 2.24) is 15.9 Å². The van der Waals surface area contributed by atoms with E-state index in [1.165, 1.54) is 10.6 Å². The number of rotatable bonds is 4. The number of hydrogen-bond donors (Lipinski definition) is 1. The molecule has 0 aromatic carbocycles. The van der Waals surface area contributed by atoms with E-state index in [0.29, 0.717) is 13.1 Å². The maximum absolute atomic E-state index is 10.4. The molecule has 0 radical (unpaired) electrons. The molecule has 0 saturated heterocycles. The van der Waals surface area contributed by atoms with Crippen molar-refractivity contribution in [3.05, 3.63) is 10.4 Å². The van der Waals surface area contributed by atoms with Crippen molar-refractivity contribution in [2.75, 3.05) is 13.1 Å². The minimum absolute atomic E-state index is 0.181. The first-order valence-electron chi connectivity index (χ1n) is 2.86. The van der Waals surface area contributed by atoms with Gasteiger partial charge >= 0.3 is 0 Å². The normalized spacial score (nSPS) is 11.3. The summed E-state index contributed by atoms with van der Waals surface area (Å²) >= 11 is 0. The van der Waals surface area contributed by atoms with E-state index in [1.54, 1.807) is 13.8 Å². The average molecular weight is 133 g/mol. The molecule has 0 unspecified atom stereocenters. The average Bonchev–Trinajstić information content (AvgIpc) is 1.90. The van der Waals surface area contributed by atoms with E-state index in [0.717, 1.165) is 0 Å². The van der Waals surface area contributed by atoms with Gasteiger partial charge in [-0.3, -0.25) is 5.28 Å². The molecule has 0 heterocycles. The third-order valence-electron chi connectivity index (χ3n) is 1.07. The summed E-state index contributed by atoms with van der Waals surface area (Å²) in [7, 11) is 0. The minimum Gasteiger partial charge on any atom is -0.774 e. The van der Waals surface area contributed by atoms with Crippen molar-refractivity contribution >= 4 is 0 Å². The molecule has 0 rings (SSSR count). The van der Waals surface area contributed by atoms with Crippen LogP contribution in [0.4, 0.5) is 0 Å². The van der Waals surface area contributed by atoms with Gasteiger partial charge in [0.2, 0.25) is 0 Å². The Morgan fingerprint density at radius 2 is 1.78 bits per heavy atom. The van der Waals surface area contributed by atoms with Crippen molar-refractivity contribution in [2.45, 2.75) is 13.8 Å². The molecule has 0 fully saturated rings. The van der Waals surface area contributed by atoms with E-state index < -0.39 is 0 Å². The monoisotopic (exact) mass is 133 g/mol. The van der Waals surface area contributed by atoms with Crippen LogP contribution in [-0.4, -0.2) is 23.4 Å². The second-order valence-electron chi connectivity index (χ2n) is 1.50. The SMILES string of the molecule is CCN(CC)N([O-])N[O-]. The van der Waals surface area contributed by atoms with Crippen LogP contribution in [0.1, 0.15) is 13.8 Å². The van der Waals surface area contributed by atoms with E-state index in [9.17, 15) is 10.4 Å². The fourth-order valence-electron chi connectivity index (χ4n) is 0.538. The molecule has 0 aromatic heterocycles. The van der Waals surface area contributed by atoms with Crippen LogP contribution in [0, 0.1) is 10.4 Å². The fourth-order valence-corrected chi connectivity index (χ4v) is 0.538. The first-order chi connectivity index (χ1) is 4.26. The molecule has 0 spiro atoms. The van der Waals surface area contributed by atoms with Gasteiger partial charge < -0.3 is 16.0 Å². The Labute approximate surface area is 54.3 Å². The van der Waals surface area contributed by atoms with Crippen LogP contribution >= 0.6 is 0 Å². The highest BCUT2D eigenvalue weighted by atomic mass is 16.7. The van der Waals surface area contributed by atoms with E-state index >= 15 is 0 Å². The van der Waals surface area contributed by atoms with Crippen molar-refractivity contribution in [3.8, 4) is 0 Å². The summed E-state index contributed by atoms with van der Waals surface area (Å²) in [5.74, 6) is 0. The van der Waals surface area contributed by atoms with Crippen LogP contribution in [0.3, 0.4) is 0 Å². The van der Waals surface area contributed by atoms with Gasteiger partial charge in [-0.2, -0.15) is 0 Å². The molecular weight excluding hydrogens is 122 g/mol. The maximum Gasteiger partial charge on any atom is 0.0107 e. The van der Waals surface area contributed by atoms with Crippen LogP contribution in [0.2, 0.25) is 0 Å². The molecule has 5 heteroatoms. The molecule has 5 nitrogen and oxygen atoms in total. The topological polar surface area (TPSA) is 64.6 Å². The zero-order valence-electron chi connectivity index (χ0n) is 5.63. The first kappa shape index (κ1) is 8.80. The summed E-state index contributed by atoms with van der Waals surface area (Å²) in [6, 6.07) is 0. The van der Waals surface area contributed by atoms with Gasteiger partial charge in [0.25, 0.3) is 0 Å². The van der Waals surface area contributed by atoms with Gasteiger partial charge in [0.1, 0.15) is 0 Å². The first-order valence-corrected chi connectivity index (χ1v) is 2.86. The van der Waals surface area contributed by atoms with Crippen molar-refractivity contribution in [1.29, 1.82) is 0 Å². The fraction of sp³-hybridized carbons (Fsp3) is 1.00. The Bertz CT molecular complexity index is 66.8. The number of hydrazine groups is 2. The van der Waals surface area contributed by atoms with E-state index in [4.69, 9.17) is 0 Å². The Morgan fingerprint density at radius 1 is 1.33 bits per heavy atom. The Kier molecular flexibility index (Phi) is 4.55. The Hall–Kier alpha value is -0.200. The van der Waals surface area contributed by atoms with Gasteiger partial charge in [-0.05, 0) is 0 Å². The van der Waals surface area contributed by atoms with Gasteiger partial charge in [0.15, 0.2) is 0 Å². The highest BCUT2D eigenvalue weighted by Crippen LogP contribution is 1.88. The predicted molar refractivity (Wildman–Crippen MR) is 34.6 cm³/mol. The summed E-state index contributed by atoms with van der Waals surface area (Å²) in [4.78, 5) is 0. The highest BCUT2D eigenvalue weighted by molar-refractivity contribution is 4.48. The van der Waals surface area contributed by atoms with Crippen LogP contribution in [-0.2, 0) is 0 Å². The molecule has 0 aliphatic heterocycles. The van der Waals surface area contributed by atoms with E-state index in [2.05, 4.69) is 0 Å². The molecule has 0 saturated carbocycles. The lowest BCUT2D eigenvalue weighted by molar-refractivity contribution is 0.000382. The molecule has 1 N–H and O–H groups in total. The quantitative estimate of drug-likeness (QED) is 0.549. The van der Waals surface area contributed by atoms with Gasteiger partial charge in [0, 0.05) is 13.1 Å². The van der Waals surface area contributed by atoms with Crippen LogP contribution < -0.4 is 5.59 Å². The molecule has 0 bridgehead atoms. The zero-order chi connectivity index (χ0) is 7.28. The Balaban J connectivity index is 3.50. The number of nitrogens with one attached hydrogen (secondary N) is 1. The summed E-state index contributed by atoms with van der Waals surface area (Å²) in [6.45, 7) is 4.67. The second-order valence-corrected chi connectivity index (χ2v) is 1.50. The van der Waals surface area contributed by atoms with Gasteiger partial charge in [0.05, 0.1) is 0 Å². The summed E-state index contributed by atoms with van der Waals surface area (Å²) in [5, 5.41) is 21.6. The van der Waals surface area contributed by atoms with Gasteiger partial charge in [-0.25, -0.2) is 5.01 Å². The largest absolute Gasteiger partial charge is 0.774 e. The zero-order valence-corrected chi connectivity index (χ0v) is 5.63. The summed E-state index contributed by atoms with van der Waals surface area (Å²) in [5.41, 5.74) is 1.22. The number of nitrogens with zero attached hydrogens (tertiary/aromatic N) is 2. The summed E-state index contributed by atoms with van der Waals surface area (Å²) < 4.78 is 0. The van der Waals surface area contributed by atoms with Crippen molar-refractivity contribution in [3.63, 3.8) is 0 Å². The minimum atomic E-state index is 0.181. The Morgan fingerprint density at radius 3 is 1.89 bits per heavy atom. The predicted octanol–water partition coefficient (Wildman–Crippen LogP) is 0.0454. The smallest absolute Gasteiger partial charge is 0.0107 e. The second kappa shape index (κ2) is 4.66. The van der Waals surface area contributed by atoms with Crippen LogP contribution in [0.5, 0.6) is 0 Å². The molecule has 0 atom stereocenters. The lowest BCUT2D eigenvalue weighted by Gasteiger charge is -2.41. The number of hydrogen-bond acceptors (Lipinski definition) is 5. The van der Waals surface area contributed by atoms with Crippen LogP contribution in [0.25, 0.3) is 0 Å². The molecule has 0 amide bonds. The third-order valence-corrected chi connectivity index (χ3v) is 1.07. The third kappa shape index (κ3) is 2.73. The maximum atomic E-state index is 10.4. The van der Waals surface area contributed by atoms with E-state index in [-0.39, 0.29) is 5.28 Å². The lowest BCUT2D eigenvalue weighted by Crippen LogP contribution is -2.44. The summed E-state index contributed by atoms with van der Waals surface area (Å²) in [6.07, 6.45) is 0. The molecule has 0 aliphatic carbocycles. The van der Waals surface area contributed by atoms with Crippen LogP contribution in [0.15, 0.2) is 0 Å². The standard InChI is InChI=1S/C4H11N3O2/c1-3-6(4-2)7(9)5-8/h5H,3-4H2,1-2H3/q-2. The van der Waals surface area contributed by atoms with Gasteiger partial charge in [-0.1, -0.05) is 13.8 Å². The molecule has 56 valence electrons. The van der Waals surface area contributed by atoms with Crippen molar-refractivity contribution < 1.29 is 0 Å². The van der Waals surface area contributed by atoms with Crippen molar-refractivity contribution in [2.24, 2.45) is 0 Å². The van der Waals surface area contributed by atoms with Gasteiger partial charge in [-0.15, -0.1) is 0 Å². The lowest BCUT2D eigenvalue weighted by atomic mass is 10.6. The molecule has 0 aromatic rings. The highest BCUT2D eigenvalue weighted by Gasteiger charge is 1.94. The molecular formula is C4H11N3O2-2. The molecule has 9 heavy (non-hydrogen) atoms. The molecule has 0 aliphatic rings.